The highest BCUT2D eigenvalue weighted by molar-refractivity contribution is 5.75. The van der Waals surface area contributed by atoms with E-state index in [-0.39, 0.29) is 6.61 Å². The van der Waals surface area contributed by atoms with Crippen LogP contribution in [0.25, 0.3) is 0 Å². The van der Waals surface area contributed by atoms with Crippen molar-refractivity contribution in [3.05, 3.63) is 48.6 Å². The van der Waals surface area contributed by atoms with Gasteiger partial charge in [0.1, 0.15) is 12.5 Å². The number of carbonyl (C=O) groups excluding carboxylic acids is 1. The van der Waals surface area contributed by atoms with Crippen molar-refractivity contribution in [1.82, 2.24) is 0 Å². The number of hydrogen-bond acceptors (Lipinski definition) is 3. The number of aliphatic hydroxyl groups is 1. The van der Waals surface area contributed by atoms with Gasteiger partial charge in [-0.3, -0.25) is 4.79 Å². The fourth-order valence-electron chi connectivity index (χ4n) is 1.49. The molecule has 0 amide bonds. The highest BCUT2D eigenvalue weighted by Crippen LogP contribution is 2.19. The Hall–Kier alpha value is -1.61. The number of carbonyl (C=O) groups is 1. The Balaban J connectivity index is 2.58. The summed E-state index contributed by atoms with van der Waals surface area (Å²) in [5.41, 5.74) is -0.241. The second-order valence-electron chi connectivity index (χ2n) is 4.46. The van der Waals surface area contributed by atoms with Crippen LogP contribution in [0.15, 0.2) is 43.0 Å². The quantitative estimate of drug-likeness (QED) is 0.628. The third-order valence-corrected chi connectivity index (χ3v) is 2.47. The summed E-state index contributed by atoms with van der Waals surface area (Å²) in [5, 5.41) is 9.77. The fourth-order valence-corrected chi connectivity index (χ4v) is 1.49. The van der Waals surface area contributed by atoms with Crippen LogP contribution in [0.3, 0.4) is 0 Å². The lowest BCUT2D eigenvalue weighted by Gasteiger charge is -2.24. The molecule has 0 spiro atoms. The molecule has 1 atom stereocenters. The molecule has 0 aliphatic rings. The van der Waals surface area contributed by atoms with Crippen molar-refractivity contribution in [2.45, 2.75) is 26.1 Å². The van der Waals surface area contributed by atoms with Gasteiger partial charge < -0.3 is 9.84 Å². The number of hydrogen-bond donors (Lipinski definition) is 1. The summed E-state index contributed by atoms with van der Waals surface area (Å²) in [6.07, 6.45) is 1.41. The molecule has 0 aromatic heterocycles. The molecule has 0 saturated heterocycles. The molecular weight excluding hydrogens is 216 g/mol. The number of ether oxygens (including phenoxy) is 1. The minimum Gasteiger partial charge on any atom is -0.460 e. The first-order valence-corrected chi connectivity index (χ1v) is 5.50. The maximum absolute atomic E-state index is 11.7. The van der Waals surface area contributed by atoms with E-state index in [1.807, 2.05) is 30.3 Å². The molecule has 0 saturated carbocycles. The molecule has 0 aliphatic heterocycles. The van der Waals surface area contributed by atoms with Crippen molar-refractivity contribution in [2.75, 3.05) is 0 Å². The predicted molar refractivity (Wildman–Crippen MR) is 66.2 cm³/mol. The molecule has 1 aromatic carbocycles. The highest BCUT2D eigenvalue weighted by atomic mass is 16.5. The molecule has 1 aromatic rings. The van der Waals surface area contributed by atoms with Gasteiger partial charge in [0.15, 0.2) is 0 Å². The average Bonchev–Trinajstić information content (AvgIpc) is 2.27. The van der Waals surface area contributed by atoms with Crippen LogP contribution in [-0.2, 0) is 16.1 Å². The van der Waals surface area contributed by atoms with Crippen LogP contribution in [0.5, 0.6) is 0 Å². The summed E-state index contributed by atoms with van der Waals surface area (Å²) in [6, 6.07) is 9.41. The zero-order valence-electron chi connectivity index (χ0n) is 10.2. The van der Waals surface area contributed by atoms with Crippen LogP contribution in [0.1, 0.15) is 19.4 Å². The smallest absolute Gasteiger partial charge is 0.316 e. The van der Waals surface area contributed by atoms with E-state index >= 15 is 0 Å². The summed E-state index contributed by atoms with van der Waals surface area (Å²) in [5.74, 6) is -1.18. The Morgan fingerprint density at radius 3 is 2.53 bits per heavy atom. The Labute approximate surface area is 102 Å². The van der Waals surface area contributed by atoms with E-state index in [0.29, 0.717) is 0 Å². The third kappa shape index (κ3) is 4.04. The first-order valence-electron chi connectivity index (χ1n) is 5.50. The van der Waals surface area contributed by atoms with Crippen molar-refractivity contribution in [1.29, 1.82) is 0 Å². The Kier molecular flexibility index (Phi) is 4.46. The van der Waals surface area contributed by atoms with Crippen molar-refractivity contribution >= 4 is 5.97 Å². The van der Waals surface area contributed by atoms with E-state index in [2.05, 4.69) is 6.58 Å². The Morgan fingerprint density at radius 1 is 1.47 bits per heavy atom. The van der Waals surface area contributed by atoms with E-state index < -0.39 is 17.5 Å². The van der Waals surface area contributed by atoms with Crippen LogP contribution >= 0.6 is 0 Å². The SMILES string of the molecule is C=CC(C(=O)OCc1ccccc1)C(C)(C)O. The van der Waals surface area contributed by atoms with Crippen LogP contribution < -0.4 is 0 Å². The van der Waals surface area contributed by atoms with Gasteiger partial charge in [-0.25, -0.2) is 0 Å². The largest absolute Gasteiger partial charge is 0.460 e. The van der Waals surface area contributed by atoms with Crippen LogP contribution in [-0.4, -0.2) is 16.7 Å². The number of benzene rings is 1. The molecule has 1 rings (SSSR count). The van der Waals surface area contributed by atoms with Gasteiger partial charge >= 0.3 is 5.97 Å². The molecule has 0 fully saturated rings. The van der Waals surface area contributed by atoms with Crippen LogP contribution in [0.4, 0.5) is 0 Å². The van der Waals surface area contributed by atoms with Gasteiger partial charge in [-0.15, -0.1) is 6.58 Å². The molecular formula is C14H18O3. The van der Waals surface area contributed by atoms with Gasteiger partial charge in [-0.1, -0.05) is 36.4 Å². The van der Waals surface area contributed by atoms with E-state index in [9.17, 15) is 9.90 Å². The molecule has 17 heavy (non-hydrogen) atoms. The third-order valence-electron chi connectivity index (χ3n) is 2.47. The Bertz CT molecular complexity index is 376. The van der Waals surface area contributed by atoms with Crippen molar-refractivity contribution < 1.29 is 14.6 Å². The normalized spacial score (nSPS) is 12.9. The minimum absolute atomic E-state index is 0.208. The standard InChI is InChI=1S/C14H18O3/c1-4-12(14(2,3)16)13(15)17-10-11-8-6-5-7-9-11/h4-9,12,16H,1,10H2,2-3H3. The summed E-state index contributed by atoms with van der Waals surface area (Å²) in [4.78, 5) is 11.7. The van der Waals surface area contributed by atoms with Gasteiger partial charge in [-0.2, -0.15) is 0 Å². The molecule has 0 radical (unpaired) electrons. The van der Waals surface area contributed by atoms with E-state index in [1.54, 1.807) is 13.8 Å². The number of rotatable bonds is 5. The molecule has 0 aliphatic carbocycles. The first-order chi connectivity index (χ1) is 7.95. The second kappa shape index (κ2) is 5.64. The van der Waals surface area contributed by atoms with Crippen molar-refractivity contribution in [3.8, 4) is 0 Å². The maximum atomic E-state index is 11.7. The zero-order valence-corrected chi connectivity index (χ0v) is 10.2. The van der Waals surface area contributed by atoms with Gasteiger partial charge in [0.2, 0.25) is 0 Å². The minimum atomic E-state index is -1.16. The fraction of sp³-hybridized carbons (Fsp3) is 0.357. The molecule has 3 nitrogen and oxygen atoms in total. The molecule has 0 heterocycles. The zero-order chi connectivity index (χ0) is 12.9. The lowest BCUT2D eigenvalue weighted by molar-refractivity contribution is -0.154. The topological polar surface area (TPSA) is 46.5 Å². The van der Waals surface area contributed by atoms with Crippen LogP contribution in [0, 0.1) is 5.92 Å². The van der Waals surface area contributed by atoms with Gasteiger partial charge in [0.05, 0.1) is 5.60 Å². The lowest BCUT2D eigenvalue weighted by Crippen LogP contribution is -2.36. The van der Waals surface area contributed by atoms with E-state index in [0.717, 1.165) is 5.56 Å². The predicted octanol–water partition coefficient (Wildman–Crippen LogP) is 2.30. The van der Waals surface area contributed by atoms with E-state index in [4.69, 9.17) is 4.74 Å². The molecule has 0 bridgehead atoms. The molecule has 92 valence electrons. The highest BCUT2D eigenvalue weighted by Gasteiger charge is 2.31. The lowest BCUT2D eigenvalue weighted by atomic mass is 9.91. The summed E-state index contributed by atoms with van der Waals surface area (Å²) >= 11 is 0. The maximum Gasteiger partial charge on any atom is 0.316 e. The van der Waals surface area contributed by atoms with Gasteiger partial charge in [-0.05, 0) is 19.4 Å². The summed E-state index contributed by atoms with van der Waals surface area (Å²) < 4.78 is 5.14. The van der Waals surface area contributed by atoms with Crippen LogP contribution in [0.2, 0.25) is 0 Å². The number of esters is 1. The van der Waals surface area contributed by atoms with Gasteiger partial charge in [0.25, 0.3) is 0 Å². The monoisotopic (exact) mass is 234 g/mol. The molecule has 3 heteroatoms. The molecule has 1 N–H and O–H groups in total. The molecule has 1 unspecified atom stereocenters. The first kappa shape index (κ1) is 13.5. The Morgan fingerprint density at radius 2 is 2.06 bits per heavy atom. The van der Waals surface area contributed by atoms with Gasteiger partial charge in [0, 0.05) is 0 Å². The second-order valence-corrected chi connectivity index (χ2v) is 4.46. The summed E-state index contributed by atoms with van der Waals surface area (Å²) in [7, 11) is 0. The average molecular weight is 234 g/mol. The van der Waals surface area contributed by atoms with Crippen molar-refractivity contribution in [3.63, 3.8) is 0 Å². The van der Waals surface area contributed by atoms with Crippen molar-refractivity contribution in [2.24, 2.45) is 5.92 Å². The van der Waals surface area contributed by atoms with E-state index in [1.165, 1.54) is 6.08 Å². The summed E-state index contributed by atoms with van der Waals surface area (Å²) in [6.45, 7) is 6.87.